The summed E-state index contributed by atoms with van der Waals surface area (Å²) in [5, 5.41) is 20.5. The lowest BCUT2D eigenvalue weighted by Gasteiger charge is -2.08. The van der Waals surface area contributed by atoms with Crippen LogP contribution < -0.4 is 14.9 Å². The lowest BCUT2D eigenvalue weighted by molar-refractivity contribution is 0.0950. The van der Waals surface area contributed by atoms with Crippen LogP contribution in [0.1, 0.15) is 16.1 Å². The van der Waals surface area contributed by atoms with Gasteiger partial charge in [-0.05, 0) is 42.5 Å². The number of phenolic OH excluding ortho intramolecular Hbond substituents is 1. The molecule has 2 aromatic carbocycles. The van der Waals surface area contributed by atoms with Crippen LogP contribution in [0.25, 0.3) is 11.3 Å². The van der Waals surface area contributed by atoms with Crippen molar-refractivity contribution in [3.05, 3.63) is 58.2 Å². The molecule has 0 aliphatic rings. The number of methoxy groups -OCH3 is 2. The highest BCUT2D eigenvalue weighted by atomic mass is 79.9. The zero-order valence-electron chi connectivity index (χ0n) is 15.1. The Labute approximate surface area is 169 Å². The average Bonchev–Trinajstić information content (AvgIpc) is 3.20. The van der Waals surface area contributed by atoms with E-state index in [0.717, 1.165) is 10.0 Å². The fourth-order valence-corrected chi connectivity index (χ4v) is 2.81. The number of carbonyl (C=O) groups is 1. The number of amides is 1. The molecule has 0 saturated heterocycles. The summed E-state index contributed by atoms with van der Waals surface area (Å²) >= 11 is 3.31. The summed E-state index contributed by atoms with van der Waals surface area (Å²) in [5.74, 6) is 0.751. The van der Waals surface area contributed by atoms with Gasteiger partial charge in [0.15, 0.2) is 11.5 Å². The number of hydrogen-bond acceptors (Lipinski definition) is 6. The smallest absolute Gasteiger partial charge is 0.289 e. The Kier molecular flexibility index (Phi) is 5.95. The van der Waals surface area contributed by atoms with Crippen molar-refractivity contribution < 1.29 is 19.4 Å². The van der Waals surface area contributed by atoms with Crippen molar-refractivity contribution in [3.8, 4) is 28.5 Å². The Bertz CT molecular complexity index is 1030. The number of benzene rings is 2. The van der Waals surface area contributed by atoms with Crippen molar-refractivity contribution in [1.29, 1.82) is 0 Å². The van der Waals surface area contributed by atoms with Crippen LogP contribution >= 0.6 is 15.9 Å². The summed E-state index contributed by atoms with van der Waals surface area (Å²) < 4.78 is 11.3. The predicted molar refractivity (Wildman–Crippen MR) is 108 cm³/mol. The summed E-state index contributed by atoms with van der Waals surface area (Å²) in [6.45, 7) is 0. The van der Waals surface area contributed by atoms with Crippen LogP contribution in [-0.2, 0) is 0 Å². The molecular formula is C19H17BrN4O4. The number of aromatic nitrogens is 2. The highest BCUT2D eigenvalue weighted by Gasteiger charge is 2.12. The molecule has 0 saturated carbocycles. The molecule has 0 fully saturated rings. The van der Waals surface area contributed by atoms with E-state index in [0.29, 0.717) is 22.8 Å². The van der Waals surface area contributed by atoms with Gasteiger partial charge < -0.3 is 14.6 Å². The van der Waals surface area contributed by atoms with Gasteiger partial charge in [0.2, 0.25) is 0 Å². The third-order valence-electron chi connectivity index (χ3n) is 3.86. The highest BCUT2D eigenvalue weighted by molar-refractivity contribution is 9.10. The lowest BCUT2D eigenvalue weighted by Crippen LogP contribution is -2.18. The van der Waals surface area contributed by atoms with Crippen LogP contribution in [0.4, 0.5) is 0 Å². The van der Waals surface area contributed by atoms with Gasteiger partial charge in [0, 0.05) is 15.6 Å². The van der Waals surface area contributed by atoms with Gasteiger partial charge in [-0.25, -0.2) is 5.43 Å². The molecule has 0 spiro atoms. The van der Waals surface area contributed by atoms with Gasteiger partial charge in [0.1, 0.15) is 11.4 Å². The van der Waals surface area contributed by atoms with Crippen LogP contribution in [0.2, 0.25) is 0 Å². The first-order chi connectivity index (χ1) is 13.5. The Morgan fingerprint density at radius 1 is 1.18 bits per heavy atom. The molecule has 144 valence electrons. The second kappa shape index (κ2) is 8.57. The van der Waals surface area contributed by atoms with Gasteiger partial charge >= 0.3 is 0 Å². The number of nitrogens with zero attached hydrogens (tertiary/aromatic N) is 2. The third-order valence-corrected chi connectivity index (χ3v) is 4.35. The number of hydrazone groups is 1. The van der Waals surface area contributed by atoms with E-state index in [9.17, 15) is 9.90 Å². The number of aromatic amines is 1. The van der Waals surface area contributed by atoms with Crippen molar-refractivity contribution in [2.75, 3.05) is 14.2 Å². The fraction of sp³-hybridized carbons (Fsp3) is 0.105. The van der Waals surface area contributed by atoms with Crippen LogP contribution in [0.15, 0.2) is 52.0 Å². The number of H-pyrrole nitrogens is 1. The first-order valence-corrected chi connectivity index (χ1v) is 8.91. The molecule has 1 aromatic heterocycles. The molecule has 3 aromatic rings. The van der Waals surface area contributed by atoms with Gasteiger partial charge in [-0.3, -0.25) is 9.89 Å². The standard InChI is InChI=1S/C19H17BrN4O4/c1-27-17-6-3-11(8-18(17)28-2)14-9-15(23-22-14)19(26)24-21-10-12-7-13(20)4-5-16(12)25/h3-10,25H,1-2H3,(H,22,23)(H,24,26)/b21-10+. The van der Waals surface area contributed by atoms with Gasteiger partial charge in [0.05, 0.1) is 26.1 Å². The number of ether oxygens (including phenoxy) is 2. The minimum Gasteiger partial charge on any atom is -0.507 e. The molecule has 3 rings (SSSR count). The van der Waals surface area contributed by atoms with Gasteiger partial charge in [-0.1, -0.05) is 15.9 Å². The van der Waals surface area contributed by atoms with Crippen molar-refractivity contribution in [2.24, 2.45) is 5.10 Å². The quantitative estimate of drug-likeness (QED) is 0.399. The predicted octanol–water partition coefficient (Wildman–Crippen LogP) is 3.33. The molecule has 1 heterocycles. The maximum Gasteiger partial charge on any atom is 0.289 e. The number of aromatic hydroxyl groups is 1. The maximum absolute atomic E-state index is 12.2. The van der Waals surface area contributed by atoms with Crippen LogP contribution in [0.5, 0.6) is 17.2 Å². The molecular weight excluding hydrogens is 428 g/mol. The molecule has 0 aliphatic heterocycles. The molecule has 9 heteroatoms. The second-order valence-electron chi connectivity index (χ2n) is 5.64. The normalized spacial score (nSPS) is 10.8. The van der Waals surface area contributed by atoms with Crippen molar-refractivity contribution in [3.63, 3.8) is 0 Å². The Hall–Kier alpha value is -3.33. The van der Waals surface area contributed by atoms with Crippen molar-refractivity contribution in [1.82, 2.24) is 15.6 Å². The number of hydrogen-bond donors (Lipinski definition) is 3. The molecule has 0 radical (unpaired) electrons. The zero-order chi connectivity index (χ0) is 20.1. The zero-order valence-corrected chi connectivity index (χ0v) is 16.6. The summed E-state index contributed by atoms with van der Waals surface area (Å²) in [6.07, 6.45) is 1.35. The van der Waals surface area contributed by atoms with Crippen LogP contribution in [-0.4, -0.2) is 41.6 Å². The third kappa shape index (κ3) is 4.32. The van der Waals surface area contributed by atoms with Gasteiger partial charge in [0.25, 0.3) is 5.91 Å². The lowest BCUT2D eigenvalue weighted by atomic mass is 10.1. The van der Waals surface area contributed by atoms with E-state index >= 15 is 0 Å². The summed E-state index contributed by atoms with van der Waals surface area (Å²) in [5.41, 5.74) is 4.42. The molecule has 0 aliphatic carbocycles. The Morgan fingerprint density at radius 3 is 2.71 bits per heavy atom. The second-order valence-corrected chi connectivity index (χ2v) is 6.55. The highest BCUT2D eigenvalue weighted by Crippen LogP contribution is 2.31. The topological polar surface area (TPSA) is 109 Å². The number of carbonyl (C=O) groups excluding carboxylic acids is 1. The molecule has 3 N–H and O–H groups in total. The molecule has 8 nitrogen and oxygen atoms in total. The summed E-state index contributed by atoms with van der Waals surface area (Å²) in [4.78, 5) is 12.2. The molecule has 1 amide bonds. The van der Waals surface area contributed by atoms with E-state index in [2.05, 4.69) is 36.7 Å². The molecule has 0 unspecified atom stereocenters. The molecule has 0 atom stereocenters. The van der Waals surface area contributed by atoms with Crippen LogP contribution in [0, 0.1) is 0 Å². The number of nitrogens with one attached hydrogen (secondary N) is 2. The monoisotopic (exact) mass is 444 g/mol. The molecule has 0 bridgehead atoms. The summed E-state index contributed by atoms with van der Waals surface area (Å²) in [7, 11) is 3.11. The number of halogens is 1. The Balaban J connectivity index is 1.72. The summed E-state index contributed by atoms with van der Waals surface area (Å²) in [6, 6.07) is 11.8. The number of phenols is 1. The van der Waals surface area contributed by atoms with E-state index in [1.54, 1.807) is 44.6 Å². The van der Waals surface area contributed by atoms with Crippen molar-refractivity contribution >= 4 is 28.1 Å². The first kappa shape index (κ1) is 19.4. The van der Waals surface area contributed by atoms with Crippen LogP contribution in [0.3, 0.4) is 0 Å². The van der Waals surface area contributed by atoms with E-state index < -0.39 is 5.91 Å². The van der Waals surface area contributed by atoms with E-state index in [-0.39, 0.29) is 11.4 Å². The Morgan fingerprint density at radius 2 is 1.96 bits per heavy atom. The van der Waals surface area contributed by atoms with Gasteiger partial charge in [-0.15, -0.1) is 0 Å². The largest absolute Gasteiger partial charge is 0.507 e. The van der Waals surface area contributed by atoms with Gasteiger partial charge in [-0.2, -0.15) is 10.2 Å². The minimum atomic E-state index is -0.468. The van der Waals surface area contributed by atoms with E-state index in [4.69, 9.17) is 9.47 Å². The SMILES string of the molecule is COc1ccc(-c2cc(C(=O)N/N=C/c3cc(Br)ccc3O)[nH]n2)cc1OC. The van der Waals surface area contributed by atoms with E-state index in [1.807, 2.05) is 6.07 Å². The fourth-order valence-electron chi connectivity index (χ4n) is 2.43. The van der Waals surface area contributed by atoms with E-state index in [1.165, 1.54) is 12.3 Å². The average molecular weight is 445 g/mol. The minimum absolute atomic E-state index is 0.0541. The maximum atomic E-state index is 12.2. The molecule has 28 heavy (non-hydrogen) atoms. The number of rotatable bonds is 6. The first-order valence-electron chi connectivity index (χ1n) is 8.11. The van der Waals surface area contributed by atoms with Crippen molar-refractivity contribution in [2.45, 2.75) is 0 Å².